The van der Waals surface area contributed by atoms with Crippen molar-refractivity contribution in [1.29, 1.82) is 0 Å². The summed E-state index contributed by atoms with van der Waals surface area (Å²) >= 11 is 0. The van der Waals surface area contributed by atoms with Crippen LogP contribution in [0.15, 0.2) is 48.5 Å². The van der Waals surface area contributed by atoms with E-state index in [1.807, 2.05) is 38.1 Å². The molecule has 0 spiro atoms. The topological polar surface area (TPSA) is 105 Å². The van der Waals surface area contributed by atoms with Crippen molar-refractivity contribution in [2.75, 3.05) is 13.2 Å². The van der Waals surface area contributed by atoms with Crippen molar-refractivity contribution in [2.45, 2.75) is 38.6 Å². The number of carboxylic acid groups (broad SMARTS) is 1. The zero-order valence-electron chi connectivity index (χ0n) is 18.9. The maximum atomic E-state index is 12.4. The smallest absolute Gasteiger partial charge is 0.407 e. The summed E-state index contributed by atoms with van der Waals surface area (Å²) in [5.74, 6) is -1.39. The number of hydrogen-bond donors (Lipinski definition) is 3. The van der Waals surface area contributed by atoms with Gasteiger partial charge < -0.3 is 20.5 Å². The van der Waals surface area contributed by atoms with Crippen LogP contribution in [-0.2, 0) is 14.3 Å². The number of fused-ring (bicyclic) bond motifs is 3. The lowest BCUT2D eigenvalue weighted by Gasteiger charge is -2.16. The molecular weight excluding hydrogens is 420 g/mol. The van der Waals surface area contributed by atoms with Gasteiger partial charge in [0.1, 0.15) is 12.6 Å². The molecule has 2 aliphatic rings. The van der Waals surface area contributed by atoms with Crippen LogP contribution in [0.1, 0.15) is 43.7 Å². The van der Waals surface area contributed by atoms with E-state index in [9.17, 15) is 19.5 Å². The lowest BCUT2D eigenvalue weighted by atomic mass is 9.98. The SMILES string of the molecule is CC(C)C[C@H](NC(=O)C1CC1CNC(=O)OCC1c2ccccc2-c2ccccc21)C(=O)O. The van der Waals surface area contributed by atoms with Crippen LogP contribution in [0.5, 0.6) is 0 Å². The van der Waals surface area contributed by atoms with Gasteiger partial charge in [-0.2, -0.15) is 0 Å². The molecule has 4 rings (SSSR count). The fourth-order valence-corrected chi connectivity index (χ4v) is 4.63. The molecule has 2 unspecified atom stereocenters. The second-order valence-corrected chi connectivity index (χ2v) is 9.34. The molecule has 2 aromatic rings. The summed E-state index contributed by atoms with van der Waals surface area (Å²) in [6, 6.07) is 15.4. The Morgan fingerprint density at radius 1 is 1.03 bits per heavy atom. The normalized spacial score (nSPS) is 19.4. The number of carbonyl (C=O) groups is 3. The Balaban J connectivity index is 1.24. The Bertz CT molecular complexity index is 1000. The van der Waals surface area contributed by atoms with E-state index >= 15 is 0 Å². The second kappa shape index (κ2) is 9.65. The molecule has 3 N–H and O–H groups in total. The number of hydrogen-bond acceptors (Lipinski definition) is 4. The number of alkyl carbamates (subject to hydrolysis) is 1. The average Bonchev–Trinajstić information content (AvgIpc) is 3.51. The second-order valence-electron chi connectivity index (χ2n) is 9.34. The standard InChI is InChI=1S/C26H30N2O5/c1-15(2)11-23(25(30)31)28-24(29)21-12-16(21)13-27-26(32)33-14-22-19-9-5-3-7-17(19)18-8-4-6-10-20(18)22/h3-10,15-16,21-23H,11-14H2,1-2H3,(H,27,32)(H,28,29)(H,30,31)/t16?,21?,23-/m0/s1. The predicted octanol–water partition coefficient (Wildman–Crippen LogP) is 3.78. The largest absolute Gasteiger partial charge is 0.480 e. The minimum atomic E-state index is -1.02. The van der Waals surface area contributed by atoms with E-state index in [1.165, 1.54) is 11.1 Å². The summed E-state index contributed by atoms with van der Waals surface area (Å²) in [6.07, 6.45) is 0.506. The number of benzene rings is 2. The quantitative estimate of drug-likeness (QED) is 0.539. The number of nitrogens with one attached hydrogen (secondary N) is 2. The number of carbonyl (C=O) groups excluding carboxylic acids is 2. The Labute approximate surface area is 193 Å². The van der Waals surface area contributed by atoms with Crippen LogP contribution in [0.25, 0.3) is 11.1 Å². The van der Waals surface area contributed by atoms with Gasteiger partial charge in [0.2, 0.25) is 5.91 Å². The van der Waals surface area contributed by atoms with Gasteiger partial charge in [-0.25, -0.2) is 9.59 Å². The van der Waals surface area contributed by atoms with Crippen LogP contribution in [0.4, 0.5) is 4.79 Å². The van der Waals surface area contributed by atoms with Gasteiger partial charge in [0.05, 0.1) is 0 Å². The molecule has 0 heterocycles. The zero-order valence-corrected chi connectivity index (χ0v) is 18.9. The van der Waals surface area contributed by atoms with Crippen molar-refractivity contribution >= 4 is 18.0 Å². The number of rotatable bonds is 9. The van der Waals surface area contributed by atoms with Crippen molar-refractivity contribution in [3.05, 3.63) is 59.7 Å². The first-order chi connectivity index (χ1) is 15.8. The van der Waals surface area contributed by atoms with Crippen molar-refractivity contribution in [3.8, 4) is 11.1 Å². The van der Waals surface area contributed by atoms with Crippen LogP contribution in [-0.4, -0.2) is 42.3 Å². The summed E-state index contributed by atoms with van der Waals surface area (Å²) in [4.78, 5) is 36.0. The van der Waals surface area contributed by atoms with Gasteiger partial charge in [-0.1, -0.05) is 62.4 Å². The summed E-state index contributed by atoms with van der Waals surface area (Å²) in [5.41, 5.74) is 4.65. The molecule has 174 valence electrons. The maximum absolute atomic E-state index is 12.4. The molecule has 2 aliphatic carbocycles. The van der Waals surface area contributed by atoms with Gasteiger partial charge in [-0.05, 0) is 46.9 Å². The number of ether oxygens (including phenoxy) is 1. The molecule has 33 heavy (non-hydrogen) atoms. The van der Waals surface area contributed by atoms with Gasteiger partial charge in [0.15, 0.2) is 0 Å². The van der Waals surface area contributed by atoms with Crippen molar-refractivity contribution in [3.63, 3.8) is 0 Å². The highest BCUT2D eigenvalue weighted by molar-refractivity contribution is 5.86. The number of carboxylic acids is 1. The predicted molar refractivity (Wildman–Crippen MR) is 124 cm³/mol. The fourth-order valence-electron chi connectivity index (χ4n) is 4.63. The zero-order chi connectivity index (χ0) is 23.5. The molecule has 1 saturated carbocycles. The Kier molecular flexibility index (Phi) is 6.67. The molecule has 0 radical (unpaired) electrons. The summed E-state index contributed by atoms with van der Waals surface area (Å²) < 4.78 is 5.53. The molecule has 0 bridgehead atoms. The minimum absolute atomic E-state index is 0.000947. The van der Waals surface area contributed by atoms with E-state index in [0.29, 0.717) is 19.4 Å². The summed E-state index contributed by atoms with van der Waals surface area (Å²) in [5, 5.41) is 14.7. The van der Waals surface area contributed by atoms with E-state index in [2.05, 4.69) is 34.9 Å². The van der Waals surface area contributed by atoms with Gasteiger partial charge >= 0.3 is 12.1 Å². The summed E-state index contributed by atoms with van der Waals surface area (Å²) in [6.45, 7) is 4.40. The van der Waals surface area contributed by atoms with Crippen molar-refractivity contribution in [2.24, 2.45) is 17.8 Å². The minimum Gasteiger partial charge on any atom is -0.480 e. The molecule has 7 heteroatoms. The lowest BCUT2D eigenvalue weighted by Crippen LogP contribution is -2.42. The third-order valence-corrected chi connectivity index (χ3v) is 6.43. The highest BCUT2D eigenvalue weighted by Crippen LogP contribution is 2.44. The highest BCUT2D eigenvalue weighted by Gasteiger charge is 2.44. The van der Waals surface area contributed by atoms with Gasteiger partial charge in [0, 0.05) is 18.4 Å². The van der Waals surface area contributed by atoms with Crippen molar-refractivity contribution in [1.82, 2.24) is 10.6 Å². The van der Waals surface area contributed by atoms with Crippen LogP contribution in [0.3, 0.4) is 0 Å². The lowest BCUT2D eigenvalue weighted by molar-refractivity contribution is -0.142. The van der Waals surface area contributed by atoms with E-state index in [1.54, 1.807) is 0 Å². The Morgan fingerprint density at radius 3 is 2.21 bits per heavy atom. The first kappa shape index (κ1) is 22.8. The molecule has 1 fully saturated rings. The third-order valence-electron chi connectivity index (χ3n) is 6.43. The molecule has 0 saturated heterocycles. The molecular formula is C26H30N2O5. The van der Waals surface area contributed by atoms with E-state index < -0.39 is 18.1 Å². The fraction of sp³-hybridized carbons (Fsp3) is 0.423. The van der Waals surface area contributed by atoms with Crippen molar-refractivity contribution < 1.29 is 24.2 Å². The molecule has 0 aromatic heterocycles. The van der Waals surface area contributed by atoms with E-state index in [-0.39, 0.29) is 36.2 Å². The molecule has 2 aromatic carbocycles. The first-order valence-corrected chi connectivity index (χ1v) is 11.5. The summed E-state index contributed by atoms with van der Waals surface area (Å²) in [7, 11) is 0. The molecule has 7 nitrogen and oxygen atoms in total. The highest BCUT2D eigenvalue weighted by atomic mass is 16.5. The Morgan fingerprint density at radius 2 is 1.64 bits per heavy atom. The first-order valence-electron chi connectivity index (χ1n) is 11.5. The monoisotopic (exact) mass is 450 g/mol. The maximum Gasteiger partial charge on any atom is 0.407 e. The van der Waals surface area contributed by atoms with Gasteiger partial charge in [0.25, 0.3) is 0 Å². The van der Waals surface area contributed by atoms with E-state index in [4.69, 9.17) is 4.74 Å². The Hall–Kier alpha value is -3.35. The van der Waals surface area contributed by atoms with Gasteiger partial charge in [-0.3, -0.25) is 4.79 Å². The average molecular weight is 451 g/mol. The van der Waals surface area contributed by atoms with Crippen LogP contribution >= 0.6 is 0 Å². The third kappa shape index (κ3) is 5.18. The van der Waals surface area contributed by atoms with Crippen LogP contribution in [0.2, 0.25) is 0 Å². The molecule has 0 aliphatic heterocycles. The van der Waals surface area contributed by atoms with Crippen LogP contribution in [0, 0.1) is 17.8 Å². The van der Waals surface area contributed by atoms with Crippen LogP contribution < -0.4 is 10.6 Å². The molecule has 2 amide bonds. The number of amides is 2. The number of aliphatic carboxylic acids is 1. The molecule has 3 atom stereocenters. The van der Waals surface area contributed by atoms with E-state index in [0.717, 1.165) is 11.1 Å². The van der Waals surface area contributed by atoms with Gasteiger partial charge in [-0.15, -0.1) is 0 Å².